The summed E-state index contributed by atoms with van der Waals surface area (Å²) in [4.78, 5) is 34.7. The Bertz CT molecular complexity index is 1250. The van der Waals surface area contributed by atoms with Crippen LogP contribution in [0.5, 0.6) is 0 Å². The molecule has 1 aliphatic carbocycles. The fraction of sp³-hybridized carbons (Fsp3) is 0.433. The van der Waals surface area contributed by atoms with E-state index in [0.717, 1.165) is 48.5 Å². The van der Waals surface area contributed by atoms with Crippen LogP contribution in [0.3, 0.4) is 0 Å². The predicted octanol–water partition coefficient (Wildman–Crippen LogP) is 5.85. The average Bonchev–Trinajstić information content (AvgIpc) is 3.64. The van der Waals surface area contributed by atoms with Gasteiger partial charge in [-0.2, -0.15) is 0 Å². The van der Waals surface area contributed by atoms with Gasteiger partial charge in [-0.3, -0.25) is 4.79 Å². The zero-order chi connectivity index (χ0) is 26.2. The molecule has 0 N–H and O–H groups in total. The van der Waals surface area contributed by atoms with Crippen LogP contribution in [0, 0.1) is 6.92 Å². The summed E-state index contributed by atoms with van der Waals surface area (Å²) >= 11 is 0. The lowest BCUT2D eigenvalue weighted by Gasteiger charge is -2.39. The Kier molecular flexibility index (Phi) is 6.80. The monoisotopic (exact) mass is 500 g/mol. The van der Waals surface area contributed by atoms with Gasteiger partial charge in [-0.05, 0) is 77.6 Å². The fourth-order valence-corrected chi connectivity index (χ4v) is 5.03. The van der Waals surface area contributed by atoms with Crippen molar-refractivity contribution in [1.82, 2.24) is 19.4 Å². The molecule has 1 saturated carbocycles. The molecule has 3 aromatic rings. The molecule has 0 spiro atoms. The normalized spacial score (nSPS) is 16.5. The van der Waals surface area contributed by atoms with E-state index in [0.29, 0.717) is 24.7 Å². The van der Waals surface area contributed by atoms with E-state index in [-0.39, 0.29) is 18.0 Å². The molecule has 5 rings (SSSR count). The largest absolute Gasteiger partial charge is 0.444 e. The van der Waals surface area contributed by atoms with Crippen molar-refractivity contribution in [2.75, 3.05) is 13.1 Å². The summed E-state index contributed by atoms with van der Waals surface area (Å²) in [7, 11) is 0. The number of likely N-dealkylation sites (tertiary alicyclic amines) is 1. The minimum Gasteiger partial charge on any atom is -0.444 e. The van der Waals surface area contributed by atoms with Gasteiger partial charge < -0.3 is 19.1 Å². The minimum atomic E-state index is -0.505. The molecule has 37 heavy (non-hydrogen) atoms. The Morgan fingerprint density at radius 1 is 0.919 bits per heavy atom. The third kappa shape index (κ3) is 5.71. The van der Waals surface area contributed by atoms with Gasteiger partial charge in [-0.15, -0.1) is 0 Å². The van der Waals surface area contributed by atoms with Gasteiger partial charge in [0.05, 0.1) is 5.69 Å². The van der Waals surface area contributed by atoms with Gasteiger partial charge in [-0.25, -0.2) is 9.78 Å². The first-order valence-electron chi connectivity index (χ1n) is 13.2. The molecule has 2 fully saturated rings. The number of carbonyl (C=O) groups is 2. The van der Waals surface area contributed by atoms with Gasteiger partial charge in [0, 0.05) is 48.2 Å². The van der Waals surface area contributed by atoms with Crippen molar-refractivity contribution >= 4 is 12.0 Å². The smallest absolute Gasteiger partial charge is 0.410 e. The van der Waals surface area contributed by atoms with Crippen molar-refractivity contribution in [3.05, 3.63) is 72.2 Å². The van der Waals surface area contributed by atoms with Gasteiger partial charge in [-0.1, -0.05) is 30.3 Å². The maximum Gasteiger partial charge on any atom is 0.410 e. The molecular formula is C30H36N4O3. The lowest BCUT2D eigenvalue weighted by Crippen LogP contribution is -2.50. The minimum absolute atomic E-state index is 0.0806. The number of imidazole rings is 1. The third-order valence-electron chi connectivity index (χ3n) is 7.03. The van der Waals surface area contributed by atoms with Crippen LogP contribution in [0.15, 0.2) is 60.8 Å². The number of carbonyl (C=O) groups excluding carboxylic acids is 2. The van der Waals surface area contributed by atoms with Gasteiger partial charge in [0.25, 0.3) is 5.91 Å². The second-order valence-electron chi connectivity index (χ2n) is 11.1. The van der Waals surface area contributed by atoms with Crippen molar-refractivity contribution in [1.29, 1.82) is 0 Å². The number of aryl methyl sites for hydroxylation is 1. The standard InChI is InChI=1S/C30H36N4O3/c1-21-31-27(22-8-6-5-7-9-22)20-33(21)24-12-10-23(11-13-24)28(35)34(25-14-15-25)26-16-18-32(19-17-26)29(36)37-30(2,3)4/h5-13,20,25-26H,14-19H2,1-4H3. The zero-order valence-corrected chi connectivity index (χ0v) is 22.2. The highest BCUT2D eigenvalue weighted by atomic mass is 16.6. The van der Waals surface area contributed by atoms with E-state index < -0.39 is 5.60 Å². The van der Waals surface area contributed by atoms with E-state index in [1.807, 2.05) is 76.4 Å². The highest BCUT2D eigenvalue weighted by Gasteiger charge is 2.39. The molecule has 194 valence electrons. The first-order valence-corrected chi connectivity index (χ1v) is 13.2. The van der Waals surface area contributed by atoms with E-state index >= 15 is 0 Å². The quantitative estimate of drug-likeness (QED) is 0.441. The van der Waals surface area contributed by atoms with E-state index in [4.69, 9.17) is 9.72 Å². The molecular weight excluding hydrogens is 464 g/mol. The first-order chi connectivity index (χ1) is 17.7. The predicted molar refractivity (Wildman–Crippen MR) is 144 cm³/mol. The van der Waals surface area contributed by atoms with Gasteiger partial charge in [0.15, 0.2) is 0 Å². The van der Waals surface area contributed by atoms with Crippen LogP contribution in [0.2, 0.25) is 0 Å². The Hall–Kier alpha value is -3.61. The maximum atomic E-state index is 13.6. The van der Waals surface area contributed by atoms with Crippen molar-refractivity contribution in [3.63, 3.8) is 0 Å². The maximum absolute atomic E-state index is 13.6. The molecule has 1 saturated heterocycles. The molecule has 7 nitrogen and oxygen atoms in total. The number of hydrogen-bond donors (Lipinski definition) is 0. The molecule has 2 aromatic carbocycles. The van der Waals surface area contributed by atoms with Crippen molar-refractivity contribution in [2.45, 2.75) is 71.1 Å². The second-order valence-corrected chi connectivity index (χ2v) is 11.1. The Morgan fingerprint density at radius 2 is 1.54 bits per heavy atom. The fourth-order valence-electron chi connectivity index (χ4n) is 5.03. The molecule has 0 atom stereocenters. The van der Waals surface area contributed by atoms with E-state index in [2.05, 4.69) is 21.6 Å². The summed E-state index contributed by atoms with van der Waals surface area (Å²) < 4.78 is 7.59. The number of piperidine rings is 1. The number of benzene rings is 2. The summed E-state index contributed by atoms with van der Waals surface area (Å²) in [5.41, 5.74) is 3.18. The van der Waals surface area contributed by atoms with Crippen molar-refractivity contribution in [2.24, 2.45) is 0 Å². The molecule has 2 heterocycles. The molecule has 0 bridgehead atoms. The van der Waals surface area contributed by atoms with E-state index in [1.54, 1.807) is 4.90 Å². The lowest BCUT2D eigenvalue weighted by atomic mass is 10.0. The van der Waals surface area contributed by atoms with Crippen LogP contribution < -0.4 is 0 Å². The highest BCUT2D eigenvalue weighted by molar-refractivity contribution is 5.95. The van der Waals surface area contributed by atoms with Crippen LogP contribution in [-0.4, -0.2) is 62.1 Å². The summed E-state index contributed by atoms with van der Waals surface area (Å²) in [6, 6.07) is 18.4. The number of amides is 2. The van der Waals surface area contributed by atoms with Crippen molar-refractivity contribution < 1.29 is 14.3 Å². The summed E-state index contributed by atoms with van der Waals surface area (Å²) in [5.74, 6) is 0.978. The van der Waals surface area contributed by atoms with Crippen molar-refractivity contribution in [3.8, 4) is 16.9 Å². The number of aromatic nitrogens is 2. The van der Waals surface area contributed by atoms with E-state index in [9.17, 15) is 9.59 Å². The zero-order valence-electron chi connectivity index (χ0n) is 22.2. The topological polar surface area (TPSA) is 67.7 Å². The molecule has 2 amide bonds. The highest BCUT2D eigenvalue weighted by Crippen LogP contribution is 2.34. The first kappa shape index (κ1) is 25.1. The van der Waals surface area contributed by atoms with E-state index in [1.165, 1.54) is 0 Å². The SMILES string of the molecule is Cc1nc(-c2ccccc2)cn1-c1ccc(C(=O)N(C2CC2)C2CCN(C(=O)OC(C)(C)C)CC2)cc1. The second kappa shape index (κ2) is 10.0. The summed E-state index contributed by atoms with van der Waals surface area (Å²) in [5, 5.41) is 0. The number of rotatable bonds is 5. The van der Waals surface area contributed by atoms with Crippen LogP contribution >= 0.6 is 0 Å². The van der Waals surface area contributed by atoms with Crippen LogP contribution in [0.25, 0.3) is 16.9 Å². The molecule has 1 aliphatic heterocycles. The molecule has 1 aromatic heterocycles. The molecule has 0 unspecified atom stereocenters. The van der Waals surface area contributed by atoms with Gasteiger partial charge in [0.2, 0.25) is 0 Å². The van der Waals surface area contributed by atoms with Gasteiger partial charge >= 0.3 is 6.09 Å². The van der Waals surface area contributed by atoms with Crippen LogP contribution in [0.1, 0.15) is 62.6 Å². The number of ether oxygens (including phenoxy) is 1. The Morgan fingerprint density at radius 3 is 2.14 bits per heavy atom. The summed E-state index contributed by atoms with van der Waals surface area (Å²) in [6.45, 7) is 8.85. The Balaban J connectivity index is 1.27. The van der Waals surface area contributed by atoms with Gasteiger partial charge in [0.1, 0.15) is 11.4 Å². The third-order valence-corrected chi connectivity index (χ3v) is 7.03. The van der Waals surface area contributed by atoms with Crippen LogP contribution in [0.4, 0.5) is 4.79 Å². The Labute approximate surface area is 219 Å². The average molecular weight is 501 g/mol. The number of nitrogens with zero attached hydrogens (tertiary/aromatic N) is 4. The molecule has 7 heteroatoms. The molecule has 2 aliphatic rings. The number of hydrogen-bond acceptors (Lipinski definition) is 4. The molecule has 0 radical (unpaired) electrons. The lowest BCUT2D eigenvalue weighted by molar-refractivity contribution is 0.0142. The summed E-state index contributed by atoms with van der Waals surface area (Å²) in [6.07, 6.45) is 5.41. The van der Waals surface area contributed by atoms with Crippen LogP contribution in [-0.2, 0) is 4.74 Å².